The zero-order valence-corrected chi connectivity index (χ0v) is 8.87. The van der Waals surface area contributed by atoms with Crippen molar-refractivity contribution in [2.75, 3.05) is 18.4 Å². The molecule has 0 atom stereocenters. The van der Waals surface area contributed by atoms with E-state index in [0.717, 1.165) is 24.5 Å². The van der Waals surface area contributed by atoms with Gasteiger partial charge in [0.1, 0.15) is 0 Å². The second-order valence-corrected chi connectivity index (χ2v) is 3.81. The Kier molecular flexibility index (Phi) is 3.35. The van der Waals surface area contributed by atoms with Gasteiger partial charge in [0.15, 0.2) is 0 Å². The van der Waals surface area contributed by atoms with Crippen molar-refractivity contribution in [2.24, 2.45) is 0 Å². The lowest BCUT2D eigenvalue weighted by molar-refractivity contribution is 0.479. The van der Waals surface area contributed by atoms with Crippen molar-refractivity contribution in [3.05, 3.63) is 30.6 Å². The van der Waals surface area contributed by atoms with E-state index in [1.54, 1.807) is 12.3 Å². The van der Waals surface area contributed by atoms with Gasteiger partial charge in [-0.2, -0.15) is 0 Å². The summed E-state index contributed by atoms with van der Waals surface area (Å²) in [5, 5.41) is 6.88. The van der Waals surface area contributed by atoms with Crippen LogP contribution < -0.4 is 10.6 Å². The van der Waals surface area contributed by atoms with E-state index >= 15 is 0 Å². The molecule has 0 aromatic carbocycles. The van der Waals surface area contributed by atoms with Crippen molar-refractivity contribution in [2.45, 2.75) is 18.9 Å². The molecule has 2 rings (SSSR count). The Morgan fingerprint density at radius 1 is 1.47 bits per heavy atom. The number of anilines is 1. The number of nitrogens with zero attached hydrogens (tertiary/aromatic N) is 1. The van der Waals surface area contributed by atoms with Crippen molar-refractivity contribution in [3.63, 3.8) is 0 Å². The van der Waals surface area contributed by atoms with Gasteiger partial charge in [0.05, 0.1) is 11.4 Å². The first-order valence-electron chi connectivity index (χ1n) is 5.45. The number of nitrogens with one attached hydrogen (secondary N) is 2. The molecule has 0 unspecified atom stereocenters. The minimum atomic E-state index is 0.564. The molecule has 80 valence electrons. The third kappa shape index (κ3) is 2.57. The zero-order valence-electron chi connectivity index (χ0n) is 8.87. The summed E-state index contributed by atoms with van der Waals surface area (Å²) in [5.41, 5.74) is 2.04. The molecular formula is C12H17N3. The predicted molar refractivity (Wildman–Crippen MR) is 63.8 cm³/mol. The Morgan fingerprint density at radius 2 is 2.27 bits per heavy atom. The smallest absolute Gasteiger partial charge is 0.0855 e. The Labute approximate surface area is 90.6 Å². The quantitative estimate of drug-likeness (QED) is 0.787. The van der Waals surface area contributed by atoms with Crippen LogP contribution in [0, 0.1) is 0 Å². The van der Waals surface area contributed by atoms with Crippen molar-refractivity contribution >= 4 is 11.8 Å². The number of hydrogen-bond donors (Lipinski definition) is 2. The summed E-state index contributed by atoms with van der Waals surface area (Å²) in [6.45, 7) is 5.97. The van der Waals surface area contributed by atoms with E-state index < -0.39 is 0 Å². The van der Waals surface area contributed by atoms with E-state index in [2.05, 4.69) is 28.3 Å². The van der Waals surface area contributed by atoms with Gasteiger partial charge in [0.2, 0.25) is 0 Å². The second-order valence-electron chi connectivity index (χ2n) is 3.81. The molecule has 3 heteroatoms. The van der Waals surface area contributed by atoms with Crippen molar-refractivity contribution in [3.8, 4) is 0 Å². The highest BCUT2D eigenvalue weighted by atomic mass is 15.0. The summed E-state index contributed by atoms with van der Waals surface area (Å²) >= 11 is 0. The largest absolute Gasteiger partial charge is 0.380 e. The molecule has 2 N–H and O–H groups in total. The molecule has 2 heterocycles. The van der Waals surface area contributed by atoms with E-state index in [0.29, 0.717) is 6.04 Å². The van der Waals surface area contributed by atoms with Gasteiger partial charge < -0.3 is 10.6 Å². The summed E-state index contributed by atoms with van der Waals surface area (Å²) in [6, 6.07) is 4.58. The van der Waals surface area contributed by atoms with E-state index in [4.69, 9.17) is 0 Å². The molecule has 0 bridgehead atoms. The monoisotopic (exact) mass is 203 g/mol. The van der Waals surface area contributed by atoms with Crippen LogP contribution in [-0.2, 0) is 0 Å². The van der Waals surface area contributed by atoms with Crippen molar-refractivity contribution in [1.82, 2.24) is 10.3 Å². The van der Waals surface area contributed by atoms with E-state index in [9.17, 15) is 0 Å². The van der Waals surface area contributed by atoms with E-state index in [1.807, 2.05) is 6.07 Å². The van der Waals surface area contributed by atoms with Gasteiger partial charge in [0, 0.05) is 12.2 Å². The summed E-state index contributed by atoms with van der Waals surface area (Å²) < 4.78 is 0. The number of rotatable bonds is 3. The first-order chi connectivity index (χ1) is 7.40. The van der Waals surface area contributed by atoms with Gasteiger partial charge >= 0.3 is 0 Å². The normalized spacial score (nSPS) is 17.3. The molecule has 0 saturated carbocycles. The Bertz CT molecular complexity index is 329. The highest BCUT2D eigenvalue weighted by Crippen LogP contribution is 2.17. The van der Waals surface area contributed by atoms with Gasteiger partial charge in [-0.15, -0.1) is 0 Å². The van der Waals surface area contributed by atoms with E-state index in [-0.39, 0.29) is 0 Å². The molecule has 1 aromatic heterocycles. The molecule has 1 aliphatic rings. The summed E-state index contributed by atoms with van der Waals surface area (Å²) in [6.07, 6.45) is 5.94. The number of piperidine rings is 1. The molecular weight excluding hydrogens is 186 g/mol. The highest BCUT2D eigenvalue weighted by molar-refractivity contribution is 5.62. The third-order valence-corrected chi connectivity index (χ3v) is 2.73. The van der Waals surface area contributed by atoms with Crippen molar-refractivity contribution < 1.29 is 0 Å². The van der Waals surface area contributed by atoms with Gasteiger partial charge in [0.25, 0.3) is 0 Å². The van der Waals surface area contributed by atoms with Crippen LogP contribution in [0.5, 0.6) is 0 Å². The summed E-state index contributed by atoms with van der Waals surface area (Å²) in [5.74, 6) is 0. The average Bonchev–Trinajstić information content (AvgIpc) is 2.31. The fourth-order valence-electron chi connectivity index (χ4n) is 1.89. The molecule has 1 saturated heterocycles. The number of pyridine rings is 1. The second kappa shape index (κ2) is 4.94. The molecule has 1 aliphatic heterocycles. The zero-order chi connectivity index (χ0) is 10.5. The lowest BCUT2D eigenvalue weighted by Crippen LogP contribution is -2.35. The van der Waals surface area contributed by atoms with Crippen LogP contribution in [-0.4, -0.2) is 24.1 Å². The summed E-state index contributed by atoms with van der Waals surface area (Å²) in [4.78, 5) is 4.27. The minimum absolute atomic E-state index is 0.564. The lowest BCUT2D eigenvalue weighted by Gasteiger charge is -2.25. The molecule has 1 fully saturated rings. The third-order valence-electron chi connectivity index (χ3n) is 2.73. The molecule has 3 nitrogen and oxygen atoms in total. The maximum Gasteiger partial charge on any atom is 0.0855 e. The van der Waals surface area contributed by atoms with Crippen LogP contribution >= 0.6 is 0 Å². The van der Waals surface area contributed by atoms with Crippen LogP contribution in [0.1, 0.15) is 18.5 Å². The minimum Gasteiger partial charge on any atom is -0.380 e. The van der Waals surface area contributed by atoms with E-state index in [1.165, 1.54) is 12.8 Å². The number of aromatic nitrogens is 1. The first-order valence-corrected chi connectivity index (χ1v) is 5.45. The molecule has 0 amide bonds. The maximum absolute atomic E-state index is 4.27. The van der Waals surface area contributed by atoms with Crippen LogP contribution in [0.3, 0.4) is 0 Å². The van der Waals surface area contributed by atoms with Crippen LogP contribution in [0.25, 0.3) is 6.08 Å². The molecule has 1 aromatic rings. The van der Waals surface area contributed by atoms with Gasteiger partial charge in [-0.3, -0.25) is 4.98 Å². The number of hydrogen-bond acceptors (Lipinski definition) is 3. The highest BCUT2D eigenvalue weighted by Gasteiger charge is 2.13. The topological polar surface area (TPSA) is 37.0 Å². The summed E-state index contributed by atoms with van der Waals surface area (Å²) in [7, 11) is 0. The fraction of sp³-hybridized carbons (Fsp3) is 0.417. The van der Waals surface area contributed by atoms with Gasteiger partial charge in [-0.05, 0) is 44.1 Å². The van der Waals surface area contributed by atoms with Crippen LogP contribution in [0.2, 0.25) is 0 Å². The van der Waals surface area contributed by atoms with Gasteiger partial charge in [-0.1, -0.05) is 6.58 Å². The van der Waals surface area contributed by atoms with Crippen LogP contribution in [0.15, 0.2) is 24.9 Å². The Morgan fingerprint density at radius 3 is 3.00 bits per heavy atom. The molecule has 15 heavy (non-hydrogen) atoms. The van der Waals surface area contributed by atoms with Crippen molar-refractivity contribution in [1.29, 1.82) is 0 Å². The van der Waals surface area contributed by atoms with Gasteiger partial charge in [-0.25, -0.2) is 0 Å². The molecule has 0 radical (unpaired) electrons. The maximum atomic E-state index is 4.27. The Hall–Kier alpha value is -1.35. The predicted octanol–water partition coefficient (Wildman–Crippen LogP) is 1.89. The fourth-order valence-corrected chi connectivity index (χ4v) is 1.89. The standard InChI is InChI=1S/C12H17N3/c1-2-11-12(4-3-7-14-11)15-10-5-8-13-9-6-10/h2-4,7,10,13,15H,1,5-6,8-9H2. The Balaban J connectivity index is 2.05. The first kappa shape index (κ1) is 10.2. The SMILES string of the molecule is C=Cc1ncccc1NC1CCNCC1. The molecule has 0 spiro atoms. The average molecular weight is 203 g/mol. The molecule has 0 aliphatic carbocycles. The lowest BCUT2D eigenvalue weighted by atomic mass is 10.1. The van der Waals surface area contributed by atoms with Crippen LogP contribution in [0.4, 0.5) is 5.69 Å².